The number of nitrogens with zero attached hydrogens (tertiary/aromatic N) is 1. The van der Waals surface area contributed by atoms with Gasteiger partial charge in [-0.3, -0.25) is 4.48 Å². The van der Waals surface area contributed by atoms with Gasteiger partial charge in [0.2, 0.25) is 6.23 Å². The second kappa shape index (κ2) is 8.09. The van der Waals surface area contributed by atoms with Crippen LogP contribution < -0.4 is 21.9 Å². The van der Waals surface area contributed by atoms with Gasteiger partial charge in [-0.25, -0.2) is 0 Å². The lowest BCUT2D eigenvalue weighted by atomic mass is 9.98. The number of fused-ring (bicyclic) bond motifs is 1. The average molecular weight is 364 g/mol. The molecule has 0 fully saturated rings. The molecular weight excluding hydrogens is 338 g/mol. The summed E-state index contributed by atoms with van der Waals surface area (Å²) in [5.74, 6) is 1.54. The molecule has 0 saturated carbocycles. The molecule has 0 radical (unpaired) electrons. The molecule has 3 rings (SSSR count). The number of methoxy groups -OCH3 is 2. The summed E-state index contributed by atoms with van der Waals surface area (Å²) in [6.45, 7) is 1.63. The minimum atomic E-state index is -0.0197. The van der Waals surface area contributed by atoms with Gasteiger partial charge in [0.25, 0.3) is 0 Å². The van der Waals surface area contributed by atoms with Crippen molar-refractivity contribution in [2.75, 3.05) is 34.9 Å². The van der Waals surface area contributed by atoms with Crippen molar-refractivity contribution in [2.45, 2.75) is 19.2 Å². The minimum Gasteiger partial charge on any atom is -1.00 e. The third-order valence-corrected chi connectivity index (χ3v) is 4.63. The zero-order chi connectivity index (χ0) is 17.2. The molecule has 0 aromatic heterocycles. The van der Waals surface area contributed by atoms with Gasteiger partial charge in [0.15, 0.2) is 11.5 Å². The van der Waals surface area contributed by atoms with Crippen LogP contribution in [-0.4, -0.2) is 39.4 Å². The van der Waals surface area contributed by atoms with Gasteiger partial charge in [-0.1, -0.05) is 30.3 Å². The first-order chi connectivity index (χ1) is 11.5. The summed E-state index contributed by atoms with van der Waals surface area (Å²) in [5.41, 5.74) is 3.78. The van der Waals surface area contributed by atoms with E-state index in [1.54, 1.807) is 14.2 Å². The molecule has 0 N–H and O–H groups in total. The molecule has 25 heavy (non-hydrogen) atoms. The number of hydrogen-bond donors (Lipinski definition) is 0. The Bertz CT molecular complexity index is 704. The third-order valence-electron chi connectivity index (χ3n) is 4.63. The van der Waals surface area contributed by atoms with Crippen LogP contribution in [0.4, 0.5) is 0 Å². The normalized spacial score (nSPS) is 16.6. The summed E-state index contributed by atoms with van der Waals surface area (Å²) in [6.07, 6.45) is 0.881. The SMILES string of the molecule is COc1cc2c(cc1OC)C([N+](C)(C)Cc1ccccc1)OCC2.[Cl-]. The number of hydrogen-bond acceptors (Lipinski definition) is 3. The zero-order valence-corrected chi connectivity index (χ0v) is 16.0. The van der Waals surface area contributed by atoms with Crippen LogP contribution in [0.2, 0.25) is 0 Å². The van der Waals surface area contributed by atoms with E-state index in [0.29, 0.717) is 0 Å². The highest BCUT2D eigenvalue weighted by atomic mass is 35.5. The summed E-state index contributed by atoms with van der Waals surface area (Å²) in [4.78, 5) is 0. The van der Waals surface area contributed by atoms with Gasteiger partial charge in [-0.15, -0.1) is 0 Å². The largest absolute Gasteiger partial charge is 1.00 e. The van der Waals surface area contributed by atoms with Crippen molar-refractivity contribution in [3.63, 3.8) is 0 Å². The summed E-state index contributed by atoms with van der Waals surface area (Å²) in [5, 5.41) is 0. The van der Waals surface area contributed by atoms with E-state index in [-0.39, 0.29) is 18.6 Å². The Kier molecular flexibility index (Phi) is 6.33. The van der Waals surface area contributed by atoms with Gasteiger partial charge in [0.05, 0.1) is 34.9 Å². The maximum atomic E-state index is 6.19. The fourth-order valence-corrected chi connectivity index (χ4v) is 3.47. The standard InChI is InChI=1S/C20H26NO3.ClH/c1-21(2,14-15-8-6-5-7-9-15)20-17-13-19(23-4)18(22-3)12-16(17)10-11-24-20;/h5-9,12-13,20H,10-11,14H2,1-4H3;1H/q+1;/p-1. The van der Waals surface area contributed by atoms with Gasteiger partial charge in [0.1, 0.15) is 6.54 Å². The molecule has 5 heteroatoms. The molecule has 0 aliphatic carbocycles. The number of rotatable bonds is 5. The van der Waals surface area contributed by atoms with Gasteiger partial charge in [0, 0.05) is 11.1 Å². The lowest BCUT2D eigenvalue weighted by Crippen LogP contribution is -3.00. The van der Waals surface area contributed by atoms with Crippen LogP contribution in [0.5, 0.6) is 11.5 Å². The van der Waals surface area contributed by atoms with Crippen molar-refractivity contribution >= 4 is 0 Å². The Labute approximate surface area is 156 Å². The minimum absolute atomic E-state index is 0. The molecule has 2 aromatic rings. The monoisotopic (exact) mass is 363 g/mol. The predicted molar refractivity (Wildman–Crippen MR) is 94.2 cm³/mol. The molecule has 1 unspecified atom stereocenters. The van der Waals surface area contributed by atoms with Crippen LogP contribution in [0, 0.1) is 0 Å². The molecule has 1 aliphatic heterocycles. The highest BCUT2D eigenvalue weighted by Gasteiger charge is 2.36. The number of benzene rings is 2. The molecule has 0 spiro atoms. The van der Waals surface area contributed by atoms with E-state index in [1.165, 1.54) is 16.7 Å². The van der Waals surface area contributed by atoms with E-state index in [9.17, 15) is 0 Å². The average Bonchev–Trinajstić information content (AvgIpc) is 2.60. The van der Waals surface area contributed by atoms with Crippen molar-refractivity contribution < 1.29 is 31.1 Å². The quantitative estimate of drug-likeness (QED) is 0.726. The maximum absolute atomic E-state index is 6.19. The van der Waals surface area contributed by atoms with E-state index >= 15 is 0 Å². The van der Waals surface area contributed by atoms with Crippen molar-refractivity contribution in [1.29, 1.82) is 0 Å². The van der Waals surface area contributed by atoms with Crippen LogP contribution in [0.3, 0.4) is 0 Å². The molecule has 4 nitrogen and oxygen atoms in total. The van der Waals surface area contributed by atoms with Gasteiger partial charge in [-0.2, -0.15) is 0 Å². The van der Waals surface area contributed by atoms with Crippen molar-refractivity contribution in [3.8, 4) is 11.5 Å². The van der Waals surface area contributed by atoms with E-state index < -0.39 is 0 Å². The van der Waals surface area contributed by atoms with Crippen molar-refractivity contribution in [1.82, 2.24) is 0 Å². The summed E-state index contributed by atoms with van der Waals surface area (Å²) < 4.78 is 17.9. The van der Waals surface area contributed by atoms with E-state index in [4.69, 9.17) is 14.2 Å². The van der Waals surface area contributed by atoms with Gasteiger partial charge < -0.3 is 26.6 Å². The Hall–Kier alpha value is -1.75. The molecular formula is C20H26ClNO3. The maximum Gasteiger partial charge on any atom is 0.220 e. The fraction of sp³-hybridized carbons (Fsp3) is 0.400. The molecule has 1 aliphatic rings. The van der Waals surface area contributed by atoms with Gasteiger partial charge >= 0.3 is 0 Å². The smallest absolute Gasteiger partial charge is 0.220 e. The lowest BCUT2D eigenvalue weighted by molar-refractivity contribution is -0.957. The number of ether oxygens (including phenoxy) is 3. The first-order valence-electron chi connectivity index (χ1n) is 8.28. The summed E-state index contributed by atoms with van der Waals surface area (Å²) in [7, 11) is 7.77. The van der Waals surface area contributed by atoms with Crippen molar-refractivity contribution in [2.24, 2.45) is 0 Å². The fourth-order valence-electron chi connectivity index (χ4n) is 3.47. The number of quaternary nitrogens is 1. The van der Waals surface area contributed by atoms with Crippen LogP contribution in [0.1, 0.15) is 22.9 Å². The van der Waals surface area contributed by atoms with E-state index in [1.807, 2.05) is 6.07 Å². The summed E-state index contributed by atoms with van der Waals surface area (Å²) in [6, 6.07) is 14.7. The third kappa shape index (κ3) is 4.09. The summed E-state index contributed by atoms with van der Waals surface area (Å²) >= 11 is 0. The Morgan fingerprint density at radius 1 is 1.04 bits per heavy atom. The first kappa shape index (κ1) is 19.6. The molecule has 2 aromatic carbocycles. The molecule has 0 bridgehead atoms. The van der Waals surface area contributed by atoms with Crippen LogP contribution in [0.25, 0.3) is 0 Å². The second-order valence-corrected chi connectivity index (χ2v) is 6.80. The number of halogens is 1. The first-order valence-corrected chi connectivity index (χ1v) is 8.28. The van der Waals surface area contributed by atoms with Crippen LogP contribution in [0.15, 0.2) is 42.5 Å². The Balaban J connectivity index is 0.00000225. The van der Waals surface area contributed by atoms with E-state index in [0.717, 1.165) is 35.6 Å². The van der Waals surface area contributed by atoms with Crippen molar-refractivity contribution in [3.05, 3.63) is 59.2 Å². The van der Waals surface area contributed by atoms with E-state index in [2.05, 4.69) is 50.5 Å². The Morgan fingerprint density at radius 2 is 1.68 bits per heavy atom. The highest BCUT2D eigenvalue weighted by Crippen LogP contribution is 2.40. The zero-order valence-electron chi connectivity index (χ0n) is 15.3. The molecule has 0 amide bonds. The lowest BCUT2D eigenvalue weighted by Gasteiger charge is -2.40. The molecule has 136 valence electrons. The van der Waals surface area contributed by atoms with Gasteiger partial charge in [-0.05, 0) is 24.1 Å². The second-order valence-electron chi connectivity index (χ2n) is 6.80. The van der Waals surface area contributed by atoms with Crippen LogP contribution in [-0.2, 0) is 17.7 Å². The Morgan fingerprint density at radius 3 is 2.32 bits per heavy atom. The topological polar surface area (TPSA) is 27.7 Å². The highest BCUT2D eigenvalue weighted by molar-refractivity contribution is 5.48. The molecule has 1 heterocycles. The molecule has 0 saturated heterocycles. The molecule has 1 atom stereocenters. The van der Waals surface area contributed by atoms with Crippen LogP contribution >= 0.6 is 0 Å². The predicted octanol–water partition coefficient (Wildman–Crippen LogP) is 0.556.